The summed E-state index contributed by atoms with van der Waals surface area (Å²) in [6, 6.07) is 27.1. The summed E-state index contributed by atoms with van der Waals surface area (Å²) in [5.41, 5.74) is 7.11. The van der Waals surface area contributed by atoms with Gasteiger partial charge in [0.1, 0.15) is 0 Å². The average molecular weight is 334 g/mol. The van der Waals surface area contributed by atoms with Crippen molar-refractivity contribution in [2.24, 2.45) is 0 Å². The van der Waals surface area contributed by atoms with Crippen molar-refractivity contribution < 1.29 is 0 Å². The second-order valence-electron chi connectivity index (χ2n) is 6.29. The van der Waals surface area contributed by atoms with Crippen LogP contribution >= 0.6 is 0 Å². The standard InChI is InChI=1S/C24H18N2/c25-23-12-11-19(16-24(23)26)22-14-20(17-7-3-1-4-8-17)13-21(15-22)18-9-5-2-6-10-18/h1-16,25-26H. The molecule has 26 heavy (non-hydrogen) atoms. The first-order chi connectivity index (χ1) is 12.7. The number of hydrogen-bond donors (Lipinski definition) is 2. The number of allylic oxidation sites excluding steroid dienone is 4. The molecule has 0 fully saturated rings. The fraction of sp³-hybridized carbons (Fsp3) is 0. The summed E-state index contributed by atoms with van der Waals surface area (Å²) in [5, 5.41) is 15.7. The van der Waals surface area contributed by atoms with Crippen molar-refractivity contribution in [2.75, 3.05) is 0 Å². The van der Waals surface area contributed by atoms with Crippen LogP contribution in [0.3, 0.4) is 0 Å². The zero-order valence-electron chi connectivity index (χ0n) is 14.2. The molecule has 0 amide bonds. The van der Waals surface area contributed by atoms with Gasteiger partial charge in [0.15, 0.2) is 0 Å². The molecular weight excluding hydrogens is 316 g/mol. The lowest BCUT2D eigenvalue weighted by Crippen LogP contribution is -2.09. The number of hydrogen-bond acceptors (Lipinski definition) is 2. The van der Waals surface area contributed by atoms with Gasteiger partial charge in [-0.2, -0.15) is 0 Å². The second kappa shape index (κ2) is 6.77. The van der Waals surface area contributed by atoms with Gasteiger partial charge in [0.2, 0.25) is 0 Å². The summed E-state index contributed by atoms with van der Waals surface area (Å²) >= 11 is 0. The first-order valence-electron chi connectivity index (χ1n) is 8.54. The van der Waals surface area contributed by atoms with Crippen molar-refractivity contribution in [1.82, 2.24) is 0 Å². The lowest BCUT2D eigenvalue weighted by molar-refractivity contribution is 1.48. The van der Waals surface area contributed by atoms with Crippen molar-refractivity contribution in [3.63, 3.8) is 0 Å². The van der Waals surface area contributed by atoms with Gasteiger partial charge in [-0.05, 0) is 63.7 Å². The third kappa shape index (κ3) is 3.17. The van der Waals surface area contributed by atoms with Crippen LogP contribution in [0.25, 0.3) is 27.8 Å². The Balaban J connectivity index is 1.89. The topological polar surface area (TPSA) is 47.7 Å². The van der Waals surface area contributed by atoms with E-state index in [-0.39, 0.29) is 11.4 Å². The lowest BCUT2D eigenvalue weighted by Gasteiger charge is -2.14. The Labute approximate surface area is 153 Å². The van der Waals surface area contributed by atoms with E-state index in [0.29, 0.717) is 0 Å². The Hall–Kier alpha value is -3.52. The summed E-state index contributed by atoms with van der Waals surface area (Å²) in [7, 11) is 0. The molecule has 2 nitrogen and oxygen atoms in total. The Kier molecular flexibility index (Phi) is 4.16. The van der Waals surface area contributed by atoms with E-state index in [0.717, 1.165) is 33.4 Å². The second-order valence-corrected chi connectivity index (χ2v) is 6.29. The summed E-state index contributed by atoms with van der Waals surface area (Å²) in [4.78, 5) is 0. The van der Waals surface area contributed by atoms with E-state index in [2.05, 4.69) is 42.5 Å². The molecule has 3 aromatic carbocycles. The van der Waals surface area contributed by atoms with E-state index in [1.165, 1.54) is 0 Å². The van der Waals surface area contributed by atoms with E-state index < -0.39 is 0 Å². The van der Waals surface area contributed by atoms with Crippen molar-refractivity contribution in [2.45, 2.75) is 0 Å². The third-order valence-corrected chi connectivity index (χ3v) is 4.50. The number of nitrogens with one attached hydrogen (secondary N) is 2. The zero-order valence-corrected chi connectivity index (χ0v) is 14.2. The van der Waals surface area contributed by atoms with Gasteiger partial charge in [-0.25, -0.2) is 0 Å². The number of benzene rings is 3. The maximum Gasteiger partial charge on any atom is 0.0795 e. The summed E-state index contributed by atoms with van der Waals surface area (Å²) in [6.07, 6.45) is 5.37. The van der Waals surface area contributed by atoms with Crippen LogP contribution in [0.15, 0.2) is 97.1 Å². The summed E-state index contributed by atoms with van der Waals surface area (Å²) in [6.45, 7) is 0. The van der Waals surface area contributed by atoms with Gasteiger partial charge in [0, 0.05) is 0 Å². The highest BCUT2D eigenvalue weighted by Crippen LogP contribution is 2.32. The van der Waals surface area contributed by atoms with Crippen molar-refractivity contribution >= 4 is 17.0 Å². The molecule has 0 aromatic heterocycles. The maximum absolute atomic E-state index is 7.96. The van der Waals surface area contributed by atoms with E-state index in [4.69, 9.17) is 10.8 Å². The Morgan fingerprint density at radius 1 is 0.462 bits per heavy atom. The quantitative estimate of drug-likeness (QED) is 0.551. The molecule has 0 saturated heterocycles. The van der Waals surface area contributed by atoms with Crippen LogP contribution in [-0.4, -0.2) is 11.4 Å². The molecule has 2 N–H and O–H groups in total. The SMILES string of the molecule is N=C1C=CC(c2cc(-c3ccccc3)cc(-c3ccccc3)c2)=CC1=N. The highest BCUT2D eigenvalue weighted by Gasteiger charge is 2.11. The van der Waals surface area contributed by atoms with E-state index in [9.17, 15) is 0 Å². The molecule has 2 heteroatoms. The van der Waals surface area contributed by atoms with Crippen LogP contribution in [0.4, 0.5) is 0 Å². The zero-order chi connectivity index (χ0) is 17.9. The van der Waals surface area contributed by atoms with Crippen LogP contribution in [0.5, 0.6) is 0 Å². The van der Waals surface area contributed by atoms with Crippen LogP contribution in [0, 0.1) is 10.8 Å². The minimum Gasteiger partial charge on any atom is -0.299 e. The minimum atomic E-state index is 0.244. The largest absolute Gasteiger partial charge is 0.299 e. The molecule has 124 valence electrons. The predicted octanol–water partition coefficient (Wildman–Crippen LogP) is 6.01. The summed E-state index contributed by atoms with van der Waals surface area (Å²) < 4.78 is 0. The fourth-order valence-electron chi connectivity index (χ4n) is 3.11. The van der Waals surface area contributed by atoms with Gasteiger partial charge in [-0.15, -0.1) is 0 Å². The molecule has 0 bridgehead atoms. The summed E-state index contributed by atoms with van der Waals surface area (Å²) in [5.74, 6) is 0. The molecule has 0 aliphatic heterocycles. The Morgan fingerprint density at radius 3 is 1.46 bits per heavy atom. The third-order valence-electron chi connectivity index (χ3n) is 4.50. The van der Waals surface area contributed by atoms with Crippen molar-refractivity contribution in [1.29, 1.82) is 10.8 Å². The van der Waals surface area contributed by atoms with Gasteiger partial charge >= 0.3 is 0 Å². The highest BCUT2D eigenvalue weighted by molar-refractivity contribution is 6.50. The number of rotatable bonds is 3. The molecule has 4 rings (SSSR count). The van der Waals surface area contributed by atoms with Crippen molar-refractivity contribution in [3.8, 4) is 22.3 Å². The average Bonchev–Trinajstić information content (AvgIpc) is 2.71. The normalized spacial score (nSPS) is 13.6. The lowest BCUT2D eigenvalue weighted by atomic mass is 9.91. The predicted molar refractivity (Wildman–Crippen MR) is 110 cm³/mol. The minimum absolute atomic E-state index is 0.244. The molecule has 0 spiro atoms. The van der Waals surface area contributed by atoms with Crippen molar-refractivity contribution in [3.05, 3.63) is 103 Å². The smallest absolute Gasteiger partial charge is 0.0795 e. The molecular formula is C24H18N2. The van der Waals surface area contributed by atoms with Crippen LogP contribution in [0.1, 0.15) is 5.56 Å². The van der Waals surface area contributed by atoms with E-state index in [1.807, 2.05) is 42.5 Å². The Morgan fingerprint density at radius 2 is 0.962 bits per heavy atom. The first kappa shape index (κ1) is 16.0. The molecule has 0 saturated carbocycles. The van der Waals surface area contributed by atoms with Crippen LogP contribution in [-0.2, 0) is 0 Å². The van der Waals surface area contributed by atoms with Crippen LogP contribution < -0.4 is 0 Å². The molecule has 0 atom stereocenters. The molecule has 0 unspecified atom stereocenters. The van der Waals surface area contributed by atoms with Gasteiger partial charge in [-0.3, -0.25) is 10.8 Å². The molecule has 0 radical (unpaired) electrons. The molecule has 1 aliphatic carbocycles. The maximum atomic E-state index is 7.96. The van der Waals surface area contributed by atoms with Gasteiger partial charge in [0.05, 0.1) is 11.4 Å². The van der Waals surface area contributed by atoms with Crippen LogP contribution in [0.2, 0.25) is 0 Å². The highest BCUT2D eigenvalue weighted by atomic mass is 14.5. The monoisotopic (exact) mass is 334 g/mol. The molecule has 1 aliphatic rings. The Bertz CT molecular complexity index is 984. The van der Waals surface area contributed by atoms with E-state index in [1.54, 1.807) is 12.2 Å². The van der Waals surface area contributed by atoms with Gasteiger partial charge in [-0.1, -0.05) is 66.7 Å². The van der Waals surface area contributed by atoms with Gasteiger partial charge < -0.3 is 0 Å². The molecule has 3 aromatic rings. The molecule has 0 heterocycles. The van der Waals surface area contributed by atoms with E-state index >= 15 is 0 Å². The van der Waals surface area contributed by atoms with Gasteiger partial charge in [0.25, 0.3) is 0 Å². The fourth-order valence-corrected chi connectivity index (χ4v) is 3.11. The first-order valence-corrected chi connectivity index (χ1v) is 8.54.